The summed E-state index contributed by atoms with van der Waals surface area (Å²) in [6.07, 6.45) is -5.52. The van der Waals surface area contributed by atoms with Gasteiger partial charge in [0.25, 0.3) is 0 Å². The second-order valence-electron chi connectivity index (χ2n) is 2.97. The Hall–Kier alpha value is -0.780. The van der Waals surface area contributed by atoms with E-state index in [4.69, 9.17) is 5.11 Å². The van der Waals surface area contributed by atoms with E-state index in [9.17, 15) is 18.0 Å². The molecule has 0 fully saturated rings. The predicted octanol–water partition coefficient (Wildman–Crippen LogP) is 1.22. The molecule has 6 heteroatoms. The summed E-state index contributed by atoms with van der Waals surface area (Å²) in [4.78, 5) is 10.9. The van der Waals surface area contributed by atoms with Crippen LogP contribution in [-0.2, 0) is 4.79 Å². The quantitative estimate of drug-likeness (QED) is 0.721. The zero-order chi connectivity index (χ0) is 11.2. The van der Waals surface area contributed by atoms with Gasteiger partial charge in [-0.05, 0) is 6.42 Å². The van der Waals surface area contributed by atoms with Crippen molar-refractivity contribution in [2.24, 2.45) is 0 Å². The highest BCUT2D eigenvalue weighted by atomic mass is 19.4. The lowest BCUT2D eigenvalue weighted by Crippen LogP contribution is -2.37. The van der Waals surface area contributed by atoms with Crippen molar-refractivity contribution in [3.63, 3.8) is 0 Å². The molecular formula is C8H14F3NO2. The van der Waals surface area contributed by atoms with Crippen LogP contribution < -0.4 is 5.32 Å². The molecule has 0 rings (SSSR count). The van der Waals surface area contributed by atoms with Gasteiger partial charge >= 0.3 is 6.18 Å². The van der Waals surface area contributed by atoms with E-state index < -0.39 is 31.0 Å². The van der Waals surface area contributed by atoms with Crippen LogP contribution in [0.15, 0.2) is 0 Å². The normalized spacial score (nSPS) is 13.8. The van der Waals surface area contributed by atoms with Gasteiger partial charge in [0.15, 0.2) is 0 Å². The van der Waals surface area contributed by atoms with E-state index in [-0.39, 0.29) is 6.61 Å². The molecule has 0 spiro atoms. The molecular weight excluding hydrogens is 199 g/mol. The first-order valence-electron chi connectivity index (χ1n) is 4.36. The molecule has 0 bridgehead atoms. The van der Waals surface area contributed by atoms with Crippen LogP contribution in [0.1, 0.15) is 26.2 Å². The molecule has 0 aromatic rings. The molecule has 0 aliphatic heterocycles. The van der Waals surface area contributed by atoms with Crippen molar-refractivity contribution in [1.82, 2.24) is 5.32 Å². The fourth-order valence-corrected chi connectivity index (χ4v) is 0.832. The van der Waals surface area contributed by atoms with E-state index in [2.05, 4.69) is 5.32 Å². The lowest BCUT2D eigenvalue weighted by Gasteiger charge is -2.14. The van der Waals surface area contributed by atoms with Crippen LogP contribution in [0, 0.1) is 0 Å². The zero-order valence-corrected chi connectivity index (χ0v) is 7.90. The first-order chi connectivity index (χ1) is 6.39. The Morgan fingerprint density at radius 3 is 2.43 bits per heavy atom. The topological polar surface area (TPSA) is 49.3 Å². The second-order valence-corrected chi connectivity index (χ2v) is 2.97. The lowest BCUT2D eigenvalue weighted by atomic mass is 10.2. The maximum atomic E-state index is 11.7. The van der Waals surface area contributed by atoms with Crippen LogP contribution in [-0.4, -0.2) is 29.8 Å². The van der Waals surface area contributed by atoms with E-state index >= 15 is 0 Å². The van der Waals surface area contributed by atoms with Gasteiger partial charge in [-0.3, -0.25) is 4.79 Å². The Balaban J connectivity index is 3.75. The number of nitrogens with one attached hydrogen (secondary N) is 1. The number of aliphatic hydroxyl groups excluding tert-OH is 1. The summed E-state index contributed by atoms with van der Waals surface area (Å²) in [5.74, 6) is -0.678. The van der Waals surface area contributed by atoms with Gasteiger partial charge in [0.1, 0.15) is 0 Å². The van der Waals surface area contributed by atoms with Gasteiger partial charge < -0.3 is 10.4 Å². The number of hydrogen-bond donors (Lipinski definition) is 2. The highest BCUT2D eigenvalue weighted by Gasteiger charge is 2.28. The van der Waals surface area contributed by atoms with Crippen molar-refractivity contribution < 1.29 is 23.1 Å². The van der Waals surface area contributed by atoms with Gasteiger partial charge in [-0.25, -0.2) is 0 Å². The van der Waals surface area contributed by atoms with Gasteiger partial charge in [0.2, 0.25) is 5.91 Å². The van der Waals surface area contributed by atoms with Gasteiger partial charge in [0, 0.05) is 6.42 Å². The summed E-state index contributed by atoms with van der Waals surface area (Å²) in [5, 5.41) is 11.0. The second kappa shape index (κ2) is 5.85. The molecule has 3 nitrogen and oxygen atoms in total. The molecule has 0 radical (unpaired) electrons. The van der Waals surface area contributed by atoms with E-state index in [0.717, 1.165) is 0 Å². The number of rotatable bonds is 5. The Bertz CT molecular complexity index is 178. The van der Waals surface area contributed by atoms with Crippen molar-refractivity contribution in [2.75, 3.05) is 6.61 Å². The van der Waals surface area contributed by atoms with E-state index in [1.54, 1.807) is 6.92 Å². The first-order valence-corrected chi connectivity index (χ1v) is 4.36. The van der Waals surface area contributed by atoms with Crippen molar-refractivity contribution in [2.45, 2.75) is 38.4 Å². The molecule has 0 aliphatic rings. The highest BCUT2D eigenvalue weighted by molar-refractivity contribution is 5.76. The third-order valence-electron chi connectivity index (χ3n) is 1.71. The molecule has 0 aliphatic carbocycles. The van der Waals surface area contributed by atoms with Gasteiger partial charge in [-0.2, -0.15) is 13.2 Å². The maximum absolute atomic E-state index is 11.7. The zero-order valence-electron chi connectivity index (χ0n) is 7.90. The van der Waals surface area contributed by atoms with Crippen LogP contribution in [0.5, 0.6) is 0 Å². The summed E-state index contributed by atoms with van der Waals surface area (Å²) in [5.41, 5.74) is 0. The fourth-order valence-electron chi connectivity index (χ4n) is 0.832. The summed E-state index contributed by atoms with van der Waals surface area (Å²) < 4.78 is 35.1. The third kappa shape index (κ3) is 6.71. The summed E-state index contributed by atoms with van der Waals surface area (Å²) in [6.45, 7) is 1.47. The molecule has 0 heterocycles. The average Bonchev–Trinajstić information content (AvgIpc) is 2.09. The number of halogens is 3. The Labute approximate surface area is 80.3 Å². The molecule has 0 aromatic heterocycles. The van der Waals surface area contributed by atoms with Crippen LogP contribution in [0.4, 0.5) is 13.2 Å². The minimum atomic E-state index is -4.31. The first kappa shape index (κ1) is 13.2. The average molecular weight is 213 g/mol. The monoisotopic (exact) mass is 213 g/mol. The SMILES string of the molecule is CC[C@H](CO)NC(=O)CCC(F)(F)F. The smallest absolute Gasteiger partial charge is 0.389 e. The molecule has 0 unspecified atom stereocenters. The van der Waals surface area contributed by atoms with Crippen molar-refractivity contribution in [1.29, 1.82) is 0 Å². The molecule has 1 atom stereocenters. The summed E-state index contributed by atoms with van der Waals surface area (Å²) in [6, 6.07) is -0.448. The largest absolute Gasteiger partial charge is 0.394 e. The van der Waals surface area contributed by atoms with Gasteiger partial charge in [0.05, 0.1) is 19.1 Å². The highest BCUT2D eigenvalue weighted by Crippen LogP contribution is 2.20. The molecule has 0 saturated carbocycles. The molecule has 84 valence electrons. The van der Waals surface area contributed by atoms with Crippen LogP contribution >= 0.6 is 0 Å². The van der Waals surface area contributed by atoms with Gasteiger partial charge in [-0.15, -0.1) is 0 Å². The number of aliphatic hydroxyl groups is 1. The van der Waals surface area contributed by atoms with Crippen LogP contribution in [0.3, 0.4) is 0 Å². The van der Waals surface area contributed by atoms with E-state index in [1.165, 1.54) is 0 Å². The molecule has 2 N–H and O–H groups in total. The minimum absolute atomic E-state index is 0.256. The molecule has 0 saturated heterocycles. The standard InChI is InChI=1S/C8H14F3NO2/c1-2-6(5-13)12-7(14)3-4-8(9,10)11/h6,13H,2-5H2,1H3,(H,12,14)/t6-/m1/s1. The third-order valence-corrected chi connectivity index (χ3v) is 1.71. The number of carbonyl (C=O) groups excluding carboxylic acids is 1. The number of amides is 1. The lowest BCUT2D eigenvalue weighted by molar-refractivity contribution is -0.144. The van der Waals surface area contributed by atoms with Crippen molar-refractivity contribution in [3.8, 4) is 0 Å². The van der Waals surface area contributed by atoms with Crippen LogP contribution in [0.2, 0.25) is 0 Å². The predicted molar refractivity (Wildman–Crippen MR) is 44.6 cm³/mol. The molecule has 0 aromatic carbocycles. The Morgan fingerprint density at radius 2 is 2.07 bits per heavy atom. The van der Waals surface area contributed by atoms with Crippen molar-refractivity contribution in [3.05, 3.63) is 0 Å². The Kier molecular flexibility index (Phi) is 5.52. The van der Waals surface area contributed by atoms with E-state index in [1.807, 2.05) is 0 Å². The molecule has 1 amide bonds. The Morgan fingerprint density at radius 1 is 1.50 bits per heavy atom. The minimum Gasteiger partial charge on any atom is -0.394 e. The maximum Gasteiger partial charge on any atom is 0.389 e. The summed E-state index contributed by atoms with van der Waals surface area (Å²) >= 11 is 0. The number of alkyl halides is 3. The summed E-state index contributed by atoms with van der Waals surface area (Å²) in [7, 11) is 0. The number of hydrogen-bond acceptors (Lipinski definition) is 2. The number of carbonyl (C=O) groups is 1. The van der Waals surface area contributed by atoms with Crippen molar-refractivity contribution >= 4 is 5.91 Å². The molecule has 14 heavy (non-hydrogen) atoms. The van der Waals surface area contributed by atoms with Crippen LogP contribution in [0.25, 0.3) is 0 Å². The van der Waals surface area contributed by atoms with E-state index in [0.29, 0.717) is 6.42 Å². The fraction of sp³-hybridized carbons (Fsp3) is 0.875. The van der Waals surface area contributed by atoms with Gasteiger partial charge in [-0.1, -0.05) is 6.92 Å².